The number of carboxylic acids is 1. The third-order valence-corrected chi connectivity index (χ3v) is 2.60. The van der Waals surface area contributed by atoms with Gasteiger partial charge in [0.05, 0.1) is 0 Å². The van der Waals surface area contributed by atoms with E-state index in [9.17, 15) is 9.18 Å². The number of carboxylic acid groups (broad SMARTS) is 1. The molecule has 0 aliphatic heterocycles. The summed E-state index contributed by atoms with van der Waals surface area (Å²) >= 11 is 0. The molecule has 0 saturated heterocycles. The number of carbonyl (C=O) groups is 1. The highest BCUT2D eigenvalue weighted by Gasteiger charge is 2.08. The zero-order chi connectivity index (χ0) is 13.7. The SMILES string of the molecule is O=C(O)CCCCc1nc(-c2ccc(F)cc2)no1. The quantitative estimate of drug-likeness (QED) is 0.812. The Balaban J connectivity index is 1.91. The Bertz CT molecular complexity index is 551. The lowest BCUT2D eigenvalue weighted by atomic mass is 10.2. The average Bonchev–Trinajstić information content (AvgIpc) is 2.84. The van der Waals surface area contributed by atoms with Gasteiger partial charge in [0.2, 0.25) is 11.7 Å². The number of hydrogen-bond acceptors (Lipinski definition) is 4. The van der Waals surface area contributed by atoms with Crippen LogP contribution in [0.25, 0.3) is 11.4 Å². The molecule has 1 aromatic heterocycles. The Labute approximate surface area is 109 Å². The van der Waals surface area contributed by atoms with Crippen molar-refractivity contribution in [2.24, 2.45) is 0 Å². The molecule has 0 fully saturated rings. The van der Waals surface area contributed by atoms with E-state index in [0.29, 0.717) is 36.5 Å². The maximum Gasteiger partial charge on any atom is 0.303 e. The van der Waals surface area contributed by atoms with Crippen molar-refractivity contribution in [2.75, 3.05) is 0 Å². The van der Waals surface area contributed by atoms with Crippen molar-refractivity contribution in [1.29, 1.82) is 0 Å². The minimum Gasteiger partial charge on any atom is -0.481 e. The van der Waals surface area contributed by atoms with E-state index in [0.717, 1.165) is 0 Å². The minimum absolute atomic E-state index is 0.138. The van der Waals surface area contributed by atoms with Crippen LogP contribution in [0.4, 0.5) is 4.39 Å². The fraction of sp³-hybridized carbons (Fsp3) is 0.308. The van der Waals surface area contributed by atoms with Gasteiger partial charge in [0.15, 0.2) is 0 Å². The molecule has 0 saturated carbocycles. The van der Waals surface area contributed by atoms with Crippen molar-refractivity contribution in [3.63, 3.8) is 0 Å². The predicted molar refractivity (Wildman–Crippen MR) is 64.9 cm³/mol. The lowest BCUT2D eigenvalue weighted by Crippen LogP contribution is -1.95. The third kappa shape index (κ3) is 3.87. The summed E-state index contributed by atoms with van der Waals surface area (Å²) in [7, 11) is 0. The summed E-state index contributed by atoms with van der Waals surface area (Å²) in [5.41, 5.74) is 0.682. The van der Waals surface area contributed by atoms with Crippen molar-refractivity contribution >= 4 is 5.97 Å². The lowest BCUT2D eigenvalue weighted by molar-refractivity contribution is -0.137. The molecular formula is C13H13FN2O3. The van der Waals surface area contributed by atoms with Gasteiger partial charge in [-0.15, -0.1) is 0 Å². The second-order valence-corrected chi connectivity index (χ2v) is 4.12. The number of halogens is 1. The van der Waals surface area contributed by atoms with Crippen LogP contribution in [0.5, 0.6) is 0 Å². The molecule has 0 bridgehead atoms. The summed E-state index contributed by atoms with van der Waals surface area (Å²) in [4.78, 5) is 14.5. The van der Waals surface area contributed by atoms with Crippen LogP contribution >= 0.6 is 0 Å². The van der Waals surface area contributed by atoms with Crippen LogP contribution in [0, 0.1) is 5.82 Å². The highest BCUT2D eigenvalue weighted by Crippen LogP contribution is 2.16. The smallest absolute Gasteiger partial charge is 0.303 e. The average molecular weight is 264 g/mol. The van der Waals surface area contributed by atoms with Crippen molar-refractivity contribution in [1.82, 2.24) is 10.1 Å². The molecule has 1 N–H and O–H groups in total. The Kier molecular flexibility index (Phi) is 4.22. The number of unbranched alkanes of at least 4 members (excludes halogenated alkanes) is 1. The van der Waals surface area contributed by atoms with Gasteiger partial charge < -0.3 is 9.63 Å². The molecule has 0 atom stereocenters. The van der Waals surface area contributed by atoms with Crippen LogP contribution in [-0.2, 0) is 11.2 Å². The molecule has 0 spiro atoms. The van der Waals surface area contributed by atoms with Gasteiger partial charge in [-0.2, -0.15) is 4.98 Å². The van der Waals surface area contributed by atoms with Gasteiger partial charge in [0, 0.05) is 18.4 Å². The number of aromatic nitrogens is 2. The summed E-state index contributed by atoms with van der Waals surface area (Å²) in [6.07, 6.45) is 1.93. The maximum absolute atomic E-state index is 12.8. The molecule has 0 aliphatic carbocycles. The molecule has 0 amide bonds. The van der Waals surface area contributed by atoms with Crippen LogP contribution in [0.3, 0.4) is 0 Å². The zero-order valence-corrected chi connectivity index (χ0v) is 10.2. The van der Waals surface area contributed by atoms with E-state index in [-0.39, 0.29) is 12.2 Å². The van der Waals surface area contributed by atoms with Crippen molar-refractivity contribution in [2.45, 2.75) is 25.7 Å². The summed E-state index contributed by atoms with van der Waals surface area (Å²) < 4.78 is 17.8. The number of hydrogen-bond donors (Lipinski definition) is 1. The van der Waals surface area contributed by atoms with E-state index in [2.05, 4.69) is 10.1 Å². The second-order valence-electron chi connectivity index (χ2n) is 4.12. The van der Waals surface area contributed by atoms with Crippen LogP contribution in [0.2, 0.25) is 0 Å². The Morgan fingerprint density at radius 3 is 2.68 bits per heavy atom. The first-order chi connectivity index (χ1) is 9.15. The van der Waals surface area contributed by atoms with E-state index >= 15 is 0 Å². The molecule has 100 valence electrons. The standard InChI is InChI=1S/C13H13FN2O3/c14-10-7-5-9(6-8-10)13-15-11(19-16-13)3-1-2-4-12(17)18/h5-8H,1-4H2,(H,17,18). The van der Waals surface area contributed by atoms with Gasteiger partial charge in [-0.3, -0.25) is 4.79 Å². The van der Waals surface area contributed by atoms with E-state index in [1.54, 1.807) is 12.1 Å². The fourth-order valence-corrected chi connectivity index (χ4v) is 1.63. The molecular weight excluding hydrogens is 251 g/mol. The minimum atomic E-state index is -0.808. The largest absolute Gasteiger partial charge is 0.481 e. The Hall–Kier alpha value is -2.24. The summed E-state index contributed by atoms with van der Waals surface area (Å²) in [5.74, 6) is -0.253. The Morgan fingerprint density at radius 1 is 1.26 bits per heavy atom. The van der Waals surface area contributed by atoms with Gasteiger partial charge >= 0.3 is 5.97 Å². The molecule has 0 aliphatic rings. The van der Waals surface area contributed by atoms with Gasteiger partial charge in [-0.05, 0) is 37.1 Å². The summed E-state index contributed by atoms with van der Waals surface area (Å²) in [6.45, 7) is 0. The molecule has 19 heavy (non-hydrogen) atoms. The van der Waals surface area contributed by atoms with Crippen molar-refractivity contribution in [3.8, 4) is 11.4 Å². The third-order valence-electron chi connectivity index (χ3n) is 2.60. The molecule has 0 unspecified atom stereocenters. The van der Waals surface area contributed by atoms with E-state index < -0.39 is 5.97 Å². The Morgan fingerprint density at radius 2 is 2.00 bits per heavy atom. The van der Waals surface area contributed by atoms with Gasteiger partial charge in [0.25, 0.3) is 0 Å². The van der Waals surface area contributed by atoms with Crippen LogP contribution in [-0.4, -0.2) is 21.2 Å². The topological polar surface area (TPSA) is 76.2 Å². The molecule has 2 aromatic rings. The molecule has 2 rings (SSSR count). The number of rotatable bonds is 6. The van der Waals surface area contributed by atoms with E-state index in [4.69, 9.17) is 9.63 Å². The zero-order valence-electron chi connectivity index (χ0n) is 10.2. The second kappa shape index (κ2) is 6.08. The number of nitrogens with zero attached hydrogens (tertiary/aromatic N) is 2. The molecule has 5 nitrogen and oxygen atoms in total. The summed E-state index contributed by atoms with van der Waals surface area (Å²) in [6, 6.07) is 5.82. The van der Waals surface area contributed by atoms with Crippen LogP contribution in [0.15, 0.2) is 28.8 Å². The first-order valence-corrected chi connectivity index (χ1v) is 5.95. The fourth-order valence-electron chi connectivity index (χ4n) is 1.63. The highest BCUT2D eigenvalue weighted by molar-refractivity contribution is 5.66. The summed E-state index contributed by atoms with van der Waals surface area (Å²) in [5, 5.41) is 12.3. The van der Waals surface area contributed by atoms with Gasteiger partial charge in [-0.25, -0.2) is 4.39 Å². The molecule has 6 heteroatoms. The number of benzene rings is 1. The highest BCUT2D eigenvalue weighted by atomic mass is 19.1. The first-order valence-electron chi connectivity index (χ1n) is 5.95. The van der Waals surface area contributed by atoms with Crippen molar-refractivity contribution in [3.05, 3.63) is 36.0 Å². The number of aryl methyl sites for hydroxylation is 1. The predicted octanol–water partition coefficient (Wildman–Crippen LogP) is 2.67. The van der Waals surface area contributed by atoms with E-state index in [1.807, 2.05) is 0 Å². The van der Waals surface area contributed by atoms with Crippen LogP contribution in [0.1, 0.15) is 25.2 Å². The maximum atomic E-state index is 12.8. The monoisotopic (exact) mass is 264 g/mol. The lowest BCUT2D eigenvalue weighted by Gasteiger charge is -1.94. The van der Waals surface area contributed by atoms with Gasteiger partial charge in [-0.1, -0.05) is 5.16 Å². The molecule has 1 heterocycles. The normalized spacial score (nSPS) is 10.6. The van der Waals surface area contributed by atoms with Crippen molar-refractivity contribution < 1.29 is 18.8 Å². The molecule has 0 radical (unpaired) electrons. The van der Waals surface area contributed by atoms with Gasteiger partial charge in [0.1, 0.15) is 5.82 Å². The number of aliphatic carboxylic acids is 1. The van der Waals surface area contributed by atoms with Crippen LogP contribution < -0.4 is 0 Å². The van der Waals surface area contributed by atoms with E-state index in [1.165, 1.54) is 12.1 Å². The molecule has 1 aromatic carbocycles. The first kappa shape index (κ1) is 13.2.